The Bertz CT molecular complexity index is 956. The van der Waals surface area contributed by atoms with E-state index < -0.39 is 0 Å². The Kier molecular flexibility index (Phi) is 7.77. The number of halogens is 1. The minimum Gasteiger partial charge on any atom is -0.437 e. The number of nitrogens with zero attached hydrogens (tertiary/aromatic N) is 2. The summed E-state index contributed by atoms with van der Waals surface area (Å²) in [6.45, 7) is 9.53. The van der Waals surface area contributed by atoms with E-state index in [2.05, 4.69) is 15.8 Å². The topological polar surface area (TPSA) is 72.2 Å². The van der Waals surface area contributed by atoms with Gasteiger partial charge in [-0.2, -0.15) is 0 Å². The van der Waals surface area contributed by atoms with Gasteiger partial charge in [0.2, 0.25) is 5.88 Å². The maximum atomic E-state index is 13.0. The van der Waals surface area contributed by atoms with Crippen molar-refractivity contribution in [2.24, 2.45) is 0 Å². The van der Waals surface area contributed by atoms with E-state index in [9.17, 15) is 4.39 Å². The quantitative estimate of drug-likeness (QED) is 0.408. The minimum absolute atomic E-state index is 0.289. The molecule has 0 radical (unpaired) electrons. The lowest BCUT2D eigenvalue weighted by Crippen LogP contribution is -1.99. The van der Waals surface area contributed by atoms with Gasteiger partial charge in [-0.1, -0.05) is 0 Å². The lowest BCUT2D eigenvalue weighted by atomic mass is 10.1. The number of aryl methyl sites for hydroxylation is 2. The molecule has 0 bridgehead atoms. The van der Waals surface area contributed by atoms with E-state index >= 15 is 0 Å². The van der Waals surface area contributed by atoms with Crippen molar-refractivity contribution in [1.29, 1.82) is 5.40 Å². The van der Waals surface area contributed by atoms with Gasteiger partial charge >= 0.3 is 0 Å². The molecule has 7 heteroatoms. The van der Waals surface area contributed by atoms with Gasteiger partial charge in [0, 0.05) is 31.2 Å². The molecule has 29 heavy (non-hydrogen) atoms. The van der Waals surface area contributed by atoms with Crippen LogP contribution in [0.15, 0.2) is 48.7 Å². The number of benzene rings is 2. The Morgan fingerprint density at radius 3 is 2.48 bits per heavy atom. The van der Waals surface area contributed by atoms with Crippen molar-refractivity contribution >= 4 is 12.0 Å². The molecule has 2 N–H and O–H groups in total. The highest BCUT2D eigenvalue weighted by atomic mass is 19.1. The Labute approximate surface area is 172 Å². The van der Waals surface area contributed by atoms with Crippen LogP contribution in [0.3, 0.4) is 0 Å². The van der Waals surface area contributed by atoms with Gasteiger partial charge in [-0.15, -0.1) is 5.10 Å². The molecule has 0 fully saturated rings. The fourth-order valence-corrected chi connectivity index (χ4v) is 2.54. The van der Waals surface area contributed by atoms with Gasteiger partial charge in [-0.05, 0) is 75.2 Å². The highest BCUT2D eigenvalue weighted by molar-refractivity contribution is 5.76. The number of hydrogen-bond acceptors (Lipinski definition) is 4. The van der Waals surface area contributed by atoms with Crippen LogP contribution < -0.4 is 10.1 Å². The summed E-state index contributed by atoms with van der Waals surface area (Å²) in [6, 6.07) is 11.6. The summed E-state index contributed by atoms with van der Waals surface area (Å²) < 4.78 is 32.1. The molecule has 3 aromatic rings. The Hall–Kier alpha value is -3.19. The first-order valence-electron chi connectivity index (χ1n) is 9.84. The Morgan fingerprint density at radius 1 is 1.14 bits per heavy atom. The molecule has 0 saturated carbocycles. The lowest BCUT2D eigenvalue weighted by molar-refractivity contribution is 0.162. The average molecular weight is 398 g/mol. The predicted molar refractivity (Wildman–Crippen MR) is 114 cm³/mol. The third-order valence-corrected chi connectivity index (χ3v) is 4.02. The highest BCUT2D eigenvalue weighted by Gasteiger charge is 2.09. The van der Waals surface area contributed by atoms with Crippen LogP contribution in [0.25, 0.3) is 5.69 Å². The Morgan fingerprint density at radius 2 is 1.86 bits per heavy atom. The van der Waals surface area contributed by atoms with Crippen LogP contribution in [0, 0.1) is 25.1 Å². The van der Waals surface area contributed by atoms with E-state index in [-0.39, 0.29) is 5.82 Å². The molecule has 1 aromatic heterocycles. The van der Waals surface area contributed by atoms with Crippen molar-refractivity contribution in [3.05, 3.63) is 65.6 Å². The summed E-state index contributed by atoms with van der Waals surface area (Å²) in [7, 11) is 0. The van der Waals surface area contributed by atoms with Crippen LogP contribution in [0.2, 0.25) is 1.41 Å². The zero-order valence-electron chi connectivity index (χ0n) is 18.1. The van der Waals surface area contributed by atoms with Gasteiger partial charge < -0.3 is 14.8 Å². The van der Waals surface area contributed by atoms with Gasteiger partial charge in [0.25, 0.3) is 0 Å². The van der Waals surface area contributed by atoms with Crippen LogP contribution in [0.4, 0.5) is 10.1 Å². The predicted octanol–water partition coefficient (Wildman–Crippen LogP) is 5.48. The zero-order valence-corrected chi connectivity index (χ0v) is 17.1. The van der Waals surface area contributed by atoms with Crippen molar-refractivity contribution in [1.82, 2.24) is 9.78 Å². The number of hydrogen-bond donors (Lipinski definition) is 2. The normalized spacial score (nSPS) is 11.0. The molecule has 2 aromatic carbocycles. The molecule has 0 saturated heterocycles. The number of rotatable bonds is 7. The first-order chi connectivity index (χ1) is 14.5. The molecular weight excluding hydrogens is 371 g/mol. The number of aromatic nitrogens is 2. The summed E-state index contributed by atoms with van der Waals surface area (Å²) in [5, 5.41) is 10.5. The van der Waals surface area contributed by atoms with E-state index in [1.54, 1.807) is 29.1 Å². The van der Waals surface area contributed by atoms with Gasteiger partial charge in [-0.25, -0.2) is 9.07 Å². The molecule has 3 rings (SSSR count). The maximum absolute atomic E-state index is 13.0. The molecule has 0 aliphatic rings. The van der Waals surface area contributed by atoms with Crippen LogP contribution in [0.1, 0.15) is 25.0 Å². The fraction of sp³-hybridized carbons (Fsp3) is 0.273. The fourth-order valence-electron chi connectivity index (χ4n) is 2.54. The van der Waals surface area contributed by atoms with Crippen LogP contribution in [0.5, 0.6) is 11.6 Å². The van der Waals surface area contributed by atoms with E-state index in [1.165, 1.54) is 18.5 Å². The smallest absolute Gasteiger partial charge is 0.238 e. The second-order valence-corrected chi connectivity index (χ2v) is 6.16. The summed E-state index contributed by atoms with van der Waals surface area (Å²) in [4.78, 5) is 0. The molecule has 1 heterocycles. The summed E-state index contributed by atoms with van der Waals surface area (Å²) in [5.41, 5.74) is 3.48. The first-order valence-corrected chi connectivity index (χ1v) is 9.39. The molecule has 0 amide bonds. The standard InChI is InChI=1S/C18H17FN4O.C4H10O/c1-12-10-17(13(2)9-16(12)21-11-20)24-18-7-8-23(22-18)15-5-3-14(19)4-6-15;1-3-5-4-2/h3-11H,1-2H3,(H2,20,21);3-4H2,1-2H3. The van der Waals surface area contributed by atoms with Crippen LogP contribution in [-0.2, 0) is 4.74 Å². The van der Waals surface area contributed by atoms with Gasteiger partial charge in [-0.3, -0.25) is 5.40 Å². The second kappa shape index (κ2) is 11.0. The molecular formula is C22H27FN4O2. The van der Waals surface area contributed by atoms with Crippen molar-refractivity contribution < 1.29 is 15.3 Å². The monoisotopic (exact) mass is 398 g/mol. The summed E-state index contributed by atoms with van der Waals surface area (Å²) in [5.74, 6) is 0.845. The molecule has 0 atom stereocenters. The van der Waals surface area contributed by atoms with E-state index in [1.807, 2.05) is 39.8 Å². The molecule has 0 spiro atoms. The van der Waals surface area contributed by atoms with Gasteiger partial charge in [0.05, 0.1) is 12.0 Å². The van der Waals surface area contributed by atoms with E-state index in [4.69, 9.17) is 10.9 Å². The maximum Gasteiger partial charge on any atom is 0.238 e. The molecule has 0 unspecified atom stereocenters. The molecule has 6 nitrogen and oxygen atoms in total. The SMILES string of the molecule is CCOCC.[H]/N=C/Nc1cc(C)c(Oc2ccn(-c3ccc(F)cc3)n2)cc1C. The summed E-state index contributed by atoms with van der Waals surface area (Å²) >= 11 is 0. The third kappa shape index (κ3) is 6.43. The third-order valence-electron chi connectivity index (χ3n) is 4.02. The molecule has 154 valence electrons. The molecule has 0 aliphatic heterocycles. The minimum atomic E-state index is -0.289. The zero-order chi connectivity index (χ0) is 21.9. The van der Waals surface area contributed by atoms with E-state index in [0.29, 0.717) is 11.6 Å². The number of anilines is 1. The number of ether oxygens (including phenoxy) is 2. The lowest BCUT2D eigenvalue weighted by Gasteiger charge is -2.11. The first kappa shape index (κ1) is 20.5. The van der Waals surface area contributed by atoms with E-state index in [0.717, 1.165) is 35.7 Å². The average Bonchev–Trinajstić information content (AvgIpc) is 3.19. The van der Waals surface area contributed by atoms with Gasteiger partial charge in [0.15, 0.2) is 1.41 Å². The van der Waals surface area contributed by atoms with Gasteiger partial charge in [0.1, 0.15) is 11.6 Å². The second-order valence-electron chi connectivity index (χ2n) is 6.16. The van der Waals surface area contributed by atoms with Crippen molar-refractivity contribution in [2.45, 2.75) is 27.7 Å². The van der Waals surface area contributed by atoms with Crippen LogP contribution >= 0.6 is 0 Å². The van der Waals surface area contributed by atoms with Crippen molar-refractivity contribution in [2.75, 3.05) is 18.5 Å². The Balaban J connectivity index is 0.000000575. The molecule has 0 aliphatic carbocycles. The largest absolute Gasteiger partial charge is 0.437 e. The highest BCUT2D eigenvalue weighted by Crippen LogP contribution is 2.29. The van der Waals surface area contributed by atoms with Crippen molar-refractivity contribution in [3.63, 3.8) is 0 Å². The number of nitrogens with one attached hydrogen (secondary N) is 2. The summed E-state index contributed by atoms with van der Waals surface area (Å²) in [6.07, 6.45) is 3.07. The van der Waals surface area contributed by atoms with Crippen molar-refractivity contribution in [3.8, 4) is 17.3 Å². The van der Waals surface area contributed by atoms with Crippen LogP contribution in [-0.4, -0.2) is 29.3 Å².